The fraction of sp³-hybridized carbons (Fsp3) is 0.105. The van der Waals surface area contributed by atoms with Crippen LogP contribution in [0.1, 0.15) is 18.5 Å². The molecule has 5 rings (SSSR count). The largest absolute Gasteiger partial charge is 0.330 e. The molecule has 4 aromatic heterocycles. The molecule has 5 aromatic rings. The van der Waals surface area contributed by atoms with Crippen molar-refractivity contribution in [1.82, 2.24) is 34.1 Å². The van der Waals surface area contributed by atoms with Crippen LogP contribution in [0.4, 0.5) is 10.2 Å². The highest BCUT2D eigenvalue weighted by Crippen LogP contribution is 2.41. The van der Waals surface area contributed by atoms with E-state index in [-0.39, 0.29) is 11.1 Å². The molecule has 0 fully saturated rings. The first kappa shape index (κ1) is 18.3. The van der Waals surface area contributed by atoms with Crippen molar-refractivity contribution in [3.8, 4) is 11.3 Å². The van der Waals surface area contributed by atoms with Crippen LogP contribution in [0.15, 0.2) is 43.5 Å². The molecule has 4 heterocycles. The summed E-state index contributed by atoms with van der Waals surface area (Å²) in [4.78, 5) is 23.3. The minimum Gasteiger partial charge on any atom is -0.330 e. The van der Waals surface area contributed by atoms with E-state index in [1.54, 1.807) is 46.3 Å². The summed E-state index contributed by atoms with van der Waals surface area (Å²) in [5.41, 5.74) is 2.29. The van der Waals surface area contributed by atoms with E-state index in [4.69, 9.17) is 11.6 Å². The second-order valence-corrected chi connectivity index (χ2v) is 7.07. The van der Waals surface area contributed by atoms with E-state index < -0.39 is 5.82 Å². The minimum absolute atomic E-state index is 0.0518. The summed E-state index contributed by atoms with van der Waals surface area (Å²) in [6.45, 7) is 1.85. The van der Waals surface area contributed by atoms with Gasteiger partial charge in [-0.25, -0.2) is 14.4 Å². The van der Waals surface area contributed by atoms with Crippen molar-refractivity contribution < 1.29 is 9.18 Å². The van der Waals surface area contributed by atoms with E-state index in [1.165, 1.54) is 6.20 Å². The summed E-state index contributed by atoms with van der Waals surface area (Å²) >= 11 is 6.52. The average Bonchev–Trinajstić information content (AvgIpc) is 3.48. The number of halogens is 2. The van der Waals surface area contributed by atoms with E-state index in [0.717, 1.165) is 0 Å². The number of aromatic amines is 1. The molecular weight excluding hydrogens is 411 g/mol. The van der Waals surface area contributed by atoms with Gasteiger partial charge in [-0.2, -0.15) is 5.10 Å². The van der Waals surface area contributed by atoms with Crippen LogP contribution in [-0.4, -0.2) is 40.5 Å². The van der Waals surface area contributed by atoms with E-state index in [1.807, 2.05) is 6.92 Å². The third-order valence-corrected chi connectivity index (χ3v) is 5.38. The third-order valence-electron chi connectivity index (χ3n) is 5.02. The lowest BCUT2D eigenvalue weighted by atomic mass is 9.98. The summed E-state index contributed by atoms with van der Waals surface area (Å²) in [7, 11) is 0. The molecule has 11 heteroatoms. The lowest BCUT2D eigenvalue weighted by molar-refractivity contribution is -0.105. The number of fused-ring (bicyclic) bond motifs is 2. The second-order valence-electron chi connectivity index (χ2n) is 6.69. The van der Waals surface area contributed by atoms with Gasteiger partial charge >= 0.3 is 0 Å². The lowest BCUT2D eigenvalue weighted by Gasteiger charge is -2.18. The number of imidazole rings is 2. The molecule has 0 spiro atoms. The van der Waals surface area contributed by atoms with Crippen LogP contribution in [0.5, 0.6) is 0 Å². The summed E-state index contributed by atoms with van der Waals surface area (Å²) in [6.07, 6.45) is 12.0. The molecule has 1 unspecified atom stereocenters. The van der Waals surface area contributed by atoms with E-state index >= 15 is 4.39 Å². The Morgan fingerprint density at radius 1 is 1.33 bits per heavy atom. The molecule has 0 aliphatic heterocycles. The molecule has 0 bridgehead atoms. The van der Waals surface area contributed by atoms with E-state index in [2.05, 4.69) is 30.5 Å². The Balaban J connectivity index is 1.72. The first-order chi connectivity index (χ1) is 14.6. The fourth-order valence-electron chi connectivity index (χ4n) is 3.59. The average molecular weight is 425 g/mol. The van der Waals surface area contributed by atoms with Crippen LogP contribution in [-0.2, 0) is 4.79 Å². The van der Waals surface area contributed by atoms with Crippen LogP contribution >= 0.6 is 11.6 Å². The number of H-pyrrole nitrogens is 1. The normalized spacial score (nSPS) is 12.5. The van der Waals surface area contributed by atoms with Crippen molar-refractivity contribution in [3.63, 3.8) is 0 Å². The van der Waals surface area contributed by atoms with Gasteiger partial charge in [0.2, 0.25) is 6.41 Å². The first-order valence-electron chi connectivity index (χ1n) is 8.95. The number of nitrogens with one attached hydrogen (secondary N) is 2. The van der Waals surface area contributed by atoms with Gasteiger partial charge in [0.1, 0.15) is 5.82 Å². The Morgan fingerprint density at radius 2 is 2.20 bits per heavy atom. The van der Waals surface area contributed by atoms with Crippen LogP contribution in [0, 0.1) is 5.82 Å². The summed E-state index contributed by atoms with van der Waals surface area (Å²) in [6, 6.07) is -0.358. The van der Waals surface area contributed by atoms with Crippen molar-refractivity contribution in [2.75, 3.05) is 5.32 Å². The first-order valence-corrected chi connectivity index (χ1v) is 9.33. The number of nitrogens with zero attached hydrogens (tertiary/aromatic N) is 6. The molecule has 150 valence electrons. The Bertz CT molecular complexity index is 1390. The molecule has 0 aliphatic rings. The van der Waals surface area contributed by atoms with Gasteiger partial charge < -0.3 is 14.3 Å². The predicted molar refractivity (Wildman–Crippen MR) is 109 cm³/mol. The maximum atomic E-state index is 15.5. The van der Waals surface area contributed by atoms with Crippen molar-refractivity contribution in [2.45, 2.75) is 13.0 Å². The molecule has 30 heavy (non-hydrogen) atoms. The number of amides is 1. The fourth-order valence-corrected chi connectivity index (χ4v) is 3.89. The van der Waals surface area contributed by atoms with E-state index in [9.17, 15) is 4.79 Å². The lowest BCUT2D eigenvalue weighted by Crippen LogP contribution is -2.09. The van der Waals surface area contributed by atoms with Crippen molar-refractivity contribution >= 4 is 40.4 Å². The Labute approximate surface area is 173 Å². The van der Waals surface area contributed by atoms with Crippen LogP contribution in [0.2, 0.25) is 5.02 Å². The minimum atomic E-state index is -0.555. The molecule has 1 atom stereocenters. The van der Waals surface area contributed by atoms with Gasteiger partial charge in [0.05, 0.1) is 47.2 Å². The quantitative estimate of drug-likeness (QED) is 0.420. The Morgan fingerprint density at radius 3 is 2.97 bits per heavy atom. The SMILES string of the molecule is CC(c1c(F)c(Cl)c(-c2cn3cc(NC=O)nc3cn2)c2cn[nH]c12)n1ccnc1. The topological polar surface area (TPSA) is 106 Å². The van der Waals surface area contributed by atoms with Gasteiger partial charge in [-0.1, -0.05) is 11.6 Å². The zero-order chi connectivity index (χ0) is 20.8. The monoisotopic (exact) mass is 424 g/mol. The van der Waals surface area contributed by atoms with Gasteiger partial charge in [-0.15, -0.1) is 0 Å². The number of rotatable bonds is 5. The van der Waals surface area contributed by atoms with Gasteiger partial charge in [-0.05, 0) is 6.92 Å². The van der Waals surface area contributed by atoms with Crippen LogP contribution in [0.25, 0.3) is 27.8 Å². The smallest absolute Gasteiger partial charge is 0.212 e. The van der Waals surface area contributed by atoms with Crippen LogP contribution in [0.3, 0.4) is 0 Å². The highest BCUT2D eigenvalue weighted by molar-refractivity contribution is 6.35. The zero-order valence-corrected chi connectivity index (χ0v) is 16.3. The molecule has 1 aromatic carbocycles. The maximum absolute atomic E-state index is 15.5. The van der Waals surface area contributed by atoms with Gasteiger partial charge in [0, 0.05) is 35.1 Å². The number of benzene rings is 1. The predicted octanol–water partition coefficient (Wildman–Crippen LogP) is 3.44. The third kappa shape index (κ3) is 2.72. The number of hydrogen-bond donors (Lipinski definition) is 2. The highest BCUT2D eigenvalue weighted by Gasteiger charge is 2.25. The standard InChI is InChI=1S/C19H14ClFN8O/c1-10(28-3-2-22-8-28)15-18(21)17(20)16(11-4-25-27-19(11)15)12-6-29-7-13(24-9-30)26-14(29)5-23-12/h2-10H,1H3,(H,24,30)(H,25,27). The van der Waals surface area contributed by atoms with Crippen molar-refractivity contribution in [3.05, 3.63) is 59.9 Å². The molecular formula is C19H14ClFN8O. The number of hydrogen-bond acceptors (Lipinski definition) is 5. The van der Waals surface area contributed by atoms with Crippen LogP contribution < -0.4 is 5.32 Å². The molecule has 0 aliphatic carbocycles. The Kier molecular flexibility index (Phi) is 4.21. The maximum Gasteiger partial charge on any atom is 0.212 e. The molecule has 9 nitrogen and oxygen atoms in total. The molecule has 0 saturated carbocycles. The summed E-state index contributed by atoms with van der Waals surface area (Å²) < 4.78 is 19.0. The summed E-state index contributed by atoms with van der Waals surface area (Å²) in [5.74, 6) is -0.181. The zero-order valence-electron chi connectivity index (χ0n) is 15.5. The van der Waals surface area contributed by atoms with Gasteiger partial charge in [-0.3, -0.25) is 14.9 Å². The number of carbonyl (C=O) groups is 1. The van der Waals surface area contributed by atoms with Gasteiger partial charge in [0.25, 0.3) is 0 Å². The number of anilines is 1. The molecule has 0 saturated heterocycles. The molecule has 0 radical (unpaired) electrons. The highest BCUT2D eigenvalue weighted by atomic mass is 35.5. The van der Waals surface area contributed by atoms with E-state index in [0.29, 0.717) is 45.6 Å². The van der Waals surface area contributed by atoms with Gasteiger partial charge in [0.15, 0.2) is 11.5 Å². The Hall–Kier alpha value is -3.79. The number of carbonyl (C=O) groups excluding carboxylic acids is 1. The summed E-state index contributed by atoms with van der Waals surface area (Å²) in [5, 5.41) is 10.1. The van der Waals surface area contributed by atoms with Crippen molar-refractivity contribution in [2.24, 2.45) is 0 Å². The van der Waals surface area contributed by atoms with Crippen molar-refractivity contribution in [1.29, 1.82) is 0 Å². The molecule has 2 N–H and O–H groups in total. The second kappa shape index (κ2) is 6.92. The molecule has 1 amide bonds. The number of aromatic nitrogens is 7.